The first-order valence-corrected chi connectivity index (χ1v) is 9.38. The summed E-state index contributed by atoms with van der Waals surface area (Å²) in [5.74, 6) is 2.38. The van der Waals surface area contributed by atoms with Gasteiger partial charge in [-0.25, -0.2) is 15.0 Å². The summed E-state index contributed by atoms with van der Waals surface area (Å²) >= 11 is 0. The van der Waals surface area contributed by atoms with Crippen LogP contribution in [-0.4, -0.2) is 33.5 Å². The van der Waals surface area contributed by atoms with E-state index in [9.17, 15) is 0 Å². The highest BCUT2D eigenvalue weighted by Crippen LogP contribution is 2.31. The van der Waals surface area contributed by atoms with Crippen molar-refractivity contribution in [2.75, 3.05) is 13.7 Å². The number of hydrogen-bond acceptors (Lipinski definition) is 5. The van der Waals surface area contributed by atoms with Crippen LogP contribution in [0.5, 0.6) is 5.88 Å². The highest BCUT2D eigenvalue weighted by molar-refractivity contribution is 5.27. The zero-order valence-corrected chi connectivity index (χ0v) is 14.9. The predicted octanol–water partition coefficient (Wildman–Crippen LogP) is 3.49. The van der Waals surface area contributed by atoms with Gasteiger partial charge in [-0.2, -0.15) is 0 Å². The molecule has 0 N–H and O–H groups in total. The van der Waals surface area contributed by atoms with Gasteiger partial charge in [-0.05, 0) is 18.9 Å². The normalized spacial score (nSPS) is 18.8. The molecule has 2 aromatic rings. The van der Waals surface area contributed by atoms with E-state index in [0.29, 0.717) is 5.92 Å². The molecule has 0 aromatic carbocycles. The average molecular weight is 338 g/mol. The second kappa shape index (κ2) is 7.48. The second-order valence-electron chi connectivity index (χ2n) is 7.17. The third kappa shape index (κ3) is 3.66. The molecule has 0 bridgehead atoms. The zero-order chi connectivity index (χ0) is 17.1. The monoisotopic (exact) mass is 338 g/mol. The van der Waals surface area contributed by atoms with Crippen molar-refractivity contribution < 1.29 is 4.74 Å². The van der Waals surface area contributed by atoms with Crippen molar-refractivity contribution >= 4 is 0 Å². The molecule has 1 fully saturated rings. The van der Waals surface area contributed by atoms with Gasteiger partial charge in [-0.15, -0.1) is 0 Å². The standard InChI is InChI=1S/C20H26N4O/c1-25-20-16(8-5-10-21-20)13-24-11-9-18-17(14-24)12-22-19(23-18)15-6-3-2-4-7-15/h5,8,10,12,15H,2-4,6-7,9,11,13-14H2,1H3. The zero-order valence-electron chi connectivity index (χ0n) is 14.9. The first kappa shape index (κ1) is 16.5. The number of methoxy groups -OCH3 is 1. The Labute approximate surface area is 149 Å². The van der Waals surface area contributed by atoms with Gasteiger partial charge in [0.25, 0.3) is 0 Å². The Balaban J connectivity index is 1.46. The van der Waals surface area contributed by atoms with Crippen molar-refractivity contribution in [1.29, 1.82) is 0 Å². The molecule has 4 rings (SSSR count). The maximum Gasteiger partial charge on any atom is 0.217 e. The Morgan fingerprint density at radius 3 is 2.92 bits per heavy atom. The van der Waals surface area contributed by atoms with E-state index < -0.39 is 0 Å². The molecule has 5 nitrogen and oxygen atoms in total. The van der Waals surface area contributed by atoms with Gasteiger partial charge in [0.15, 0.2) is 0 Å². The molecular formula is C20H26N4O. The lowest BCUT2D eigenvalue weighted by Crippen LogP contribution is -2.31. The van der Waals surface area contributed by atoms with Crippen LogP contribution >= 0.6 is 0 Å². The van der Waals surface area contributed by atoms with E-state index in [4.69, 9.17) is 14.7 Å². The van der Waals surface area contributed by atoms with Crippen LogP contribution < -0.4 is 4.74 Å². The lowest BCUT2D eigenvalue weighted by atomic mass is 9.88. The van der Waals surface area contributed by atoms with E-state index in [2.05, 4.69) is 22.1 Å². The fourth-order valence-electron chi connectivity index (χ4n) is 4.05. The highest BCUT2D eigenvalue weighted by atomic mass is 16.5. The molecule has 132 valence electrons. The molecule has 0 unspecified atom stereocenters. The summed E-state index contributed by atoms with van der Waals surface area (Å²) in [5.41, 5.74) is 3.66. The molecule has 0 spiro atoms. The van der Waals surface area contributed by atoms with Crippen molar-refractivity contribution in [3.05, 3.63) is 47.2 Å². The molecule has 5 heteroatoms. The summed E-state index contributed by atoms with van der Waals surface area (Å²) in [7, 11) is 1.68. The minimum absolute atomic E-state index is 0.580. The highest BCUT2D eigenvalue weighted by Gasteiger charge is 2.23. The lowest BCUT2D eigenvalue weighted by Gasteiger charge is -2.29. The number of ether oxygens (including phenoxy) is 1. The minimum Gasteiger partial charge on any atom is -0.481 e. The van der Waals surface area contributed by atoms with Crippen LogP contribution in [0.1, 0.15) is 60.7 Å². The Morgan fingerprint density at radius 1 is 1.20 bits per heavy atom. The van der Waals surface area contributed by atoms with Crippen LogP contribution in [0.3, 0.4) is 0 Å². The van der Waals surface area contributed by atoms with Gasteiger partial charge >= 0.3 is 0 Å². The second-order valence-corrected chi connectivity index (χ2v) is 7.17. The summed E-state index contributed by atoms with van der Waals surface area (Å²) in [5, 5.41) is 0. The molecule has 25 heavy (non-hydrogen) atoms. The number of hydrogen-bond donors (Lipinski definition) is 0. The molecule has 2 aromatic heterocycles. The van der Waals surface area contributed by atoms with Crippen molar-refractivity contribution in [2.45, 2.75) is 57.5 Å². The maximum atomic E-state index is 5.38. The third-order valence-corrected chi connectivity index (χ3v) is 5.44. The van der Waals surface area contributed by atoms with E-state index in [-0.39, 0.29) is 0 Å². The summed E-state index contributed by atoms with van der Waals surface area (Å²) < 4.78 is 5.38. The Hall–Kier alpha value is -2.01. The van der Waals surface area contributed by atoms with E-state index in [0.717, 1.165) is 43.3 Å². The van der Waals surface area contributed by atoms with E-state index in [1.807, 2.05) is 6.07 Å². The third-order valence-electron chi connectivity index (χ3n) is 5.44. The molecule has 0 radical (unpaired) electrons. The van der Waals surface area contributed by atoms with Crippen LogP contribution in [0, 0.1) is 0 Å². The molecule has 1 aliphatic heterocycles. The summed E-state index contributed by atoms with van der Waals surface area (Å²) in [4.78, 5) is 16.4. The molecule has 1 aliphatic carbocycles. The van der Waals surface area contributed by atoms with Crippen molar-refractivity contribution in [3.63, 3.8) is 0 Å². The van der Waals surface area contributed by atoms with Crippen LogP contribution in [0.2, 0.25) is 0 Å². The van der Waals surface area contributed by atoms with E-state index >= 15 is 0 Å². The van der Waals surface area contributed by atoms with Crippen LogP contribution in [0.25, 0.3) is 0 Å². The number of pyridine rings is 1. The van der Waals surface area contributed by atoms with E-state index in [1.165, 1.54) is 43.4 Å². The Bertz CT molecular complexity index is 727. The van der Waals surface area contributed by atoms with Gasteiger partial charge in [0.2, 0.25) is 5.88 Å². The summed E-state index contributed by atoms with van der Waals surface area (Å²) in [6, 6.07) is 4.05. The van der Waals surface area contributed by atoms with Gasteiger partial charge in [0, 0.05) is 61.2 Å². The number of aromatic nitrogens is 3. The Morgan fingerprint density at radius 2 is 2.08 bits per heavy atom. The fraction of sp³-hybridized carbons (Fsp3) is 0.550. The maximum absolute atomic E-state index is 5.38. The summed E-state index contributed by atoms with van der Waals surface area (Å²) in [6.07, 6.45) is 11.4. The van der Waals surface area contributed by atoms with Gasteiger partial charge in [-0.3, -0.25) is 4.90 Å². The molecule has 0 saturated heterocycles. The largest absolute Gasteiger partial charge is 0.481 e. The quantitative estimate of drug-likeness (QED) is 0.854. The molecule has 2 aliphatic rings. The van der Waals surface area contributed by atoms with Crippen molar-refractivity contribution in [2.24, 2.45) is 0 Å². The topological polar surface area (TPSA) is 51.1 Å². The van der Waals surface area contributed by atoms with Gasteiger partial charge in [0.1, 0.15) is 5.82 Å². The first-order chi connectivity index (χ1) is 12.3. The molecule has 0 atom stereocenters. The summed E-state index contributed by atoms with van der Waals surface area (Å²) in [6.45, 7) is 2.77. The van der Waals surface area contributed by atoms with Crippen LogP contribution in [0.4, 0.5) is 0 Å². The van der Waals surface area contributed by atoms with Gasteiger partial charge in [0.05, 0.1) is 7.11 Å². The van der Waals surface area contributed by atoms with Crippen molar-refractivity contribution in [1.82, 2.24) is 19.9 Å². The van der Waals surface area contributed by atoms with E-state index in [1.54, 1.807) is 13.3 Å². The predicted molar refractivity (Wildman–Crippen MR) is 96.5 cm³/mol. The van der Waals surface area contributed by atoms with Gasteiger partial charge < -0.3 is 4.74 Å². The van der Waals surface area contributed by atoms with Crippen LogP contribution in [0.15, 0.2) is 24.5 Å². The van der Waals surface area contributed by atoms with Crippen molar-refractivity contribution in [3.8, 4) is 5.88 Å². The lowest BCUT2D eigenvalue weighted by molar-refractivity contribution is 0.237. The van der Waals surface area contributed by atoms with Crippen LogP contribution in [-0.2, 0) is 19.5 Å². The fourth-order valence-corrected chi connectivity index (χ4v) is 4.05. The average Bonchev–Trinajstić information content (AvgIpc) is 2.68. The number of fused-ring (bicyclic) bond motifs is 1. The minimum atomic E-state index is 0.580. The van der Waals surface area contributed by atoms with Gasteiger partial charge in [-0.1, -0.05) is 25.3 Å². The Kier molecular flexibility index (Phi) is 4.92. The molecular weight excluding hydrogens is 312 g/mol. The number of rotatable bonds is 4. The smallest absolute Gasteiger partial charge is 0.217 e. The molecule has 1 saturated carbocycles. The molecule has 3 heterocycles. The number of nitrogens with zero attached hydrogens (tertiary/aromatic N) is 4. The molecule has 0 amide bonds. The SMILES string of the molecule is COc1ncccc1CN1CCc2nc(C3CCCCC3)ncc2C1. The first-order valence-electron chi connectivity index (χ1n) is 9.38.